The van der Waals surface area contributed by atoms with Crippen molar-refractivity contribution in [1.82, 2.24) is 5.32 Å². The first-order valence-electron chi connectivity index (χ1n) is 7.57. The lowest BCUT2D eigenvalue weighted by Crippen LogP contribution is -2.45. The van der Waals surface area contributed by atoms with Gasteiger partial charge in [-0.25, -0.2) is 9.59 Å². The summed E-state index contributed by atoms with van der Waals surface area (Å²) < 4.78 is 10.0. The zero-order valence-corrected chi connectivity index (χ0v) is 15.0. The molecule has 0 radical (unpaired) electrons. The average Bonchev–Trinajstić information content (AvgIpc) is 2.45. The molecule has 0 aromatic heterocycles. The number of hydrogen-bond donors (Lipinski definition) is 1. The molecule has 1 N–H and O–H groups in total. The quantitative estimate of drug-likeness (QED) is 0.625. The van der Waals surface area contributed by atoms with Gasteiger partial charge >= 0.3 is 12.1 Å². The van der Waals surface area contributed by atoms with E-state index in [0.29, 0.717) is 10.6 Å². The summed E-state index contributed by atoms with van der Waals surface area (Å²) >= 11 is 5.79. The Balaban J connectivity index is 2.82. The lowest BCUT2D eigenvalue weighted by molar-refractivity contribution is -0.145. The topological polar surface area (TPSA) is 81.7 Å². The van der Waals surface area contributed by atoms with Crippen molar-refractivity contribution in [3.05, 3.63) is 34.9 Å². The number of benzene rings is 1. The van der Waals surface area contributed by atoms with Crippen molar-refractivity contribution in [1.29, 1.82) is 0 Å². The van der Waals surface area contributed by atoms with Crippen LogP contribution in [0.4, 0.5) is 4.79 Å². The molecule has 0 aliphatic carbocycles. The van der Waals surface area contributed by atoms with Crippen LogP contribution in [0.3, 0.4) is 0 Å². The highest BCUT2D eigenvalue weighted by Crippen LogP contribution is 2.13. The standard InChI is InChI=1S/C17H22ClNO5/c1-5-23-15(21)13(19-16(22)24-17(2,3)4)10-14(20)11-6-8-12(18)9-7-11/h6-9,13H,5,10H2,1-4H3,(H,19,22)/t13-/m1/s1. The predicted molar refractivity (Wildman–Crippen MR) is 90.2 cm³/mol. The average molecular weight is 356 g/mol. The fourth-order valence-electron chi connectivity index (χ4n) is 1.82. The number of alkyl carbamates (subject to hydrolysis) is 1. The van der Waals surface area contributed by atoms with Crippen molar-refractivity contribution in [2.45, 2.75) is 45.8 Å². The van der Waals surface area contributed by atoms with Crippen LogP contribution in [0.25, 0.3) is 0 Å². The van der Waals surface area contributed by atoms with E-state index in [2.05, 4.69) is 5.32 Å². The Morgan fingerprint density at radius 2 is 1.75 bits per heavy atom. The highest BCUT2D eigenvalue weighted by Gasteiger charge is 2.28. The number of rotatable bonds is 6. The molecule has 1 rings (SSSR count). The fraction of sp³-hybridized carbons (Fsp3) is 0.471. The molecule has 0 heterocycles. The van der Waals surface area contributed by atoms with Crippen LogP contribution >= 0.6 is 11.6 Å². The van der Waals surface area contributed by atoms with E-state index in [-0.39, 0.29) is 18.8 Å². The van der Waals surface area contributed by atoms with Gasteiger partial charge in [0, 0.05) is 17.0 Å². The van der Waals surface area contributed by atoms with Crippen LogP contribution in [0.1, 0.15) is 44.5 Å². The summed E-state index contributed by atoms with van der Waals surface area (Å²) in [5, 5.41) is 2.89. The van der Waals surface area contributed by atoms with E-state index in [1.807, 2.05) is 0 Å². The second kappa shape index (κ2) is 8.68. The molecule has 7 heteroatoms. The van der Waals surface area contributed by atoms with Crippen LogP contribution in [0, 0.1) is 0 Å². The monoisotopic (exact) mass is 355 g/mol. The number of carbonyl (C=O) groups is 3. The summed E-state index contributed by atoms with van der Waals surface area (Å²) in [5.41, 5.74) is -0.330. The third-order valence-corrected chi connectivity index (χ3v) is 3.07. The van der Waals surface area contributed by atoms with E-state index in [0.717, 1.165) is 0 Å². The largest absolute Gasteiger partial charge is 0.464 e. The van der Waals surface area contributed by atoms with Crippen LogP contribution in [-0.4, -0.2) is 36.1 Å². The number of amides is 1. The Hall–Kier alpha value is -2.08. The number of hydrogen-bond acceptors (Lipinski definition) is 5. The smallest absolute Gasteiger partial charge is 0.408 e. The first-order valence-corrected chi connectivity index (χ1v) is 7.95. The fourth-order valence-corrected chi connectivity index (χ4v) is 1.95. The van der Waals surface area contributed by atoms with Crippen LogP contribution in [0.5, 0.6) is 0 Å². The molecule has 0 saturated carbocycles. The lowest BCUT2D eigenvalue weighted by atomic mass is 10.0. The molecule has 0 saturated heterocycles. The molecule has 0 bridgehead atoms. The number of esters is 1. The van der Waals surface area contributed by atoms with Gasteiger partial charge in [-0.3, -0.25) is 4.79 Å². The van der Waals surface area contributed by atoms with Crippen molar-refractivity contribution in [3.8, 4) is 0 Å². The first-order chi connectivity index (χ1) is 11.1. The SMILES string of the molecule is CCOC(=O)[C@@H](CC(=O)c1ccc(Cl)cc1)NC(=O)OC(C)(C)C. The molecule has 0 fully saturated rings. The molecule has 0 aliphatic rings. The highest BCUT2D eigenvalue weighted by molar-refractivity contribution is 6.30. The molecule has 0 aliphatic heterocycles. The van der Waals surface area contributed by atoms with Gasteiger partial charge in [0.25, 0.3) is 0 Å². The molecular weight excluding hydrogens is 334 g/mol. The summed E-state index contributed by atoms with van der Waals surface area (Å²) in [5.74, 6) is -1.01. The zero-order valence-electron chi connectivity index (χ0n) is 14.2. The zero-order chi connectivity index (χ0) is 18.3. The van der Waals surface area contributed by atoms with Gasteiger partial charge in [-0.15, -0.1) is 0 Å². The van der Waals surface area contributed by atoms with Gasteiger partial charge in [-0.1, -0.05) is 11.6 Å². The van der Waals surface area contributed by atoms with E-state index >= 15 is 0 Å². The summed E-state index contributed by atoms with van der Waals surface area (Å²) in [4.78, 5) is 36.2. The number of carbonyl (C=O) groups excluding carboxylic acids is 3. The molecule has 6 nitrogen and oxygen atoms in total. The van der Waals surface area contributed by atoms with E-state index in [9.17, 15) is 14.4 Å². The second-order valence-electron chi connectivity index (χ2n) is 6.09. The summed E-state index contributed by atoms with van der Waals surface area (Å²) in [6.45, 7) is 6.88. The van der Waals surface area contributed by atoms with Gasteiger partial charge in [0.1, 0.15) is 11.6 Å². The minimum atomic E-state index is -1.12. The van der Waals surface area contributed by atoms with E-state index in [1.165, 1.54) is 0 Å². The number of ether oxygens (including phenoxy) is 2. The van der Waals surface area contributed by atoms with Crippen LogP contribution < -0.4 is 5.32 Å². The maximum atomic E-state index is 12.3. The Labute approximate surface area is 146 Å². The Bertz CT molecular complexity index is 592. The molecule has 1 aromatic rings. The Kier molecular flexibility index (Phi) is 7.22. The minimum absolute atomic E-state index is 0.139. The van der Waals surface area contributed by atoms with Gasteiger partial charge in [-0.05, 0) is 52.0 Å². The van der Waals surface area contributed by atoms with Crippen molar-refractivity contribution < 1.29 is 23.9 Å². The Morgan fingerprint density at radius 1 is 1.17 bits per heavy atom. The number of nitrogens with one attached hydrogen (secondary N) is 1. The van der Waals surface area contributed by atoms with Gasteiger partial charge < -0.3 is 14.8 Å². The number of halogens is 1. The van der Waals surface area contributed by atoms with Crippen molar-refractivity contribution in [2.75, 3.05) is 6.61 Å². The van der Waals surface area contributed by atoms with E-state index in [4.69, 9.17) is 21.1 Å². The summed E-state index contributed by atoms with van der Waals surface area (Å²) in [6.07, 6.45) is -1.02. The predicted octanol–water partition coefficient (Wildman–Crippen LogP) is 3.37. The summed E-state index contributed by atoms with van der Waals surface area (Å²) in [7, 11) is 0. The third-order valence-electron chi connectivity index (χ3n) is 2.82. The summed E-state index contributed by atoms with van der Waals surface area (Å²) in [6, 6.07) is 5.15. The molecule has 1 atom stereocenters. The van der Waals surface area contributed by atoms with Crippen LogP contribution in [-0.2, 0) is 14.3 Å². The van der Waals surface area contributed by atoms with Gasteiger partial charge in [0.2, 0.25) is 0 Å². The number of Topliss-reactive ketones (excluding diaryl/α,β-unsaturated/α-hetero) is 1. The first kappa shape index (κ1) is 20.0. The molecular formula is C17H22ClNO5. The Morgan fingerprint density at radius 3 is 2.25 bits per heavy atom. The molecule has 1 aromatic carbocycles. The maximum absolute atomic E-state index is 12.3. The van der Waals surface area contributed by atoms with E-state index in [1.54, 1.807) is 52.0 Å². The normalized spacial score (nSPS) is 12.2. The molecule has 24 heavy (non-hydrogen) atoms. The third kappa shape index (κ3) is 7.00. The van der Waals surface area contributed by atoms with E-state index < -0.39 is 23.7 Å². The molecule has 0 spiro atoms. The van der Waals surface area contributed by atoms with Crippen molar-refractivity contribution in [3.63, 3.8) is 0 Å². The van der Waals surface area contributed by atoms with Crippen molar-refractivity contribution in [2.24, 2.45) is 0 Å². The highest BCUT2D eigenvalue weighted by atomic mass is 35.5. The molecule has 0 unspecified atom stereocenters. The van der Waals surface area contributed by atoms with Crippen molar-refractivity contribution >= 4 is 29.4 Å². The van der Waals surface area contributed by atoms with Gasteiger partial charge in [0.15, 0.2) is 5.78 Å². The minimum Gasteiger partial charge on any atom is -0.464 e. The van der Waals surface area contributed by atoms with Gasteiger partial charge in [-0.2, -0.15) is 0 Å². The maximum Gasteiger partial charge on any atom is 0.408 e. The molecule has 132 valence electrons. The lowest BCUT2D eigenvalue weighted by Gasteiger charge is -2.22. The van der Waals surface area contributed by atoms with Crippen LogP contribution in [0.15, 0.2) is 24.3 Å². The second-order valence-corrected chi connectivity index (χ2v) is 6.52. The van der Waals surface area contributed by atoms with Crippen LogP contribution in [0.2, 0.25) is 5.02 Å². The molecule has 1 amide bonds. The number of ketones is 1. The van der Waals surface area contributed by atoms with Gasteiger partial charge in [0.05, 0.1) is 6.61 Å².